The molecule has 2 aliphatic heterocycles. The van der Waals surface area contributed by atoms with Gasteiger partial charge in [-0.2, -0.15) is 15.0 Å². The SMILES string of the molecule is CC1(C)CCn2c(nc3c(N4CCOCC4)nc(Cl)nc32)O1. The molecule has 1 saturated heterocycles. The smallest absolute Gasteiger partial charge is 0.299 e. The van der Waals surface area contributed by atoms with E-state index in [4.69, 9.17) is 21.1 Å². The van der Waals surface area contributed by atoms with Gasteiger partial charge in [0, 0.05) is 26.1 Å². The molecular formula is C14H18ClN5O2. The third-order valence-corrected chi connectivity index (χ3v) is 4.30. The van der Waals surface area contributed by atoms with E-state index in [0.29, 0.717) is 19.2 Å². The highest BCUT2D eigenvalue weighted by atomic mass is 35.5. The number of halogens is 1. The minimum absolute atomic E-state index is 0.215. The fourth-order valence-corrected chi connectivity index (χ4v) is 3.05. The fraction of sp³-hybridized carbons (Fsp3) is 0.643. The summed E-state index contributed by atoms with van der Waals surface area (Å²) >= 11 is 6.14. The second-order valence-corrected chi connectivity index (χ2v) is 6.58. The molecule has 0 aromatic carbocycles. The molecule has 2 aromatic heterocycles. The number of ether oxygens (including phenoxy) is 2. The van der Waals surface area contributed by atoms with Crippen molar-refractivity contribution in [1.82, 2.24) is 19.5 Å². The molecule has 118 valence electrons. The zero-order valence-corrected chi connectivity index (χ0v) is 13.4. The van der Waals surface area contributed by atoms with Crippen LogP contribution in [-0.2, 0) is 11.3 Å². The summed E-state index contributed by atoms with van der Waals surface area (Å²) in [5.74, 6) is 0.765. The van der Waals surface area contributed by atoms with Crippen molar-refractivity contribution in [3.05, 3.63) is 5.28 Å². The van der Waals surface area contributed by atoms with Crippen molar-refractivity contribution >= 4 is 28.6 Å². The van der Waals surface area contributed by atoms with Gasteiger partial charge in [0.25, 0.3) is 6.01 Å². The van der Waals surface area contributed by atoms with E-state index in [0.717, 1.165) is 43.0 Å². The van der Waals surface area contributed by atoms with Gasteiger partial charge in [0.15, 0.2) is 17.0 Å². The molecule has 22 heavy (non-hydrogen) atoms. The molecule has 0 saturated carbocycles. The maximum atomic E-state index is 6.14. The Morgan fingerprint density at radius 1 is 1.09 bits per heavy atom. The molecule has 0 amide bonds. The maximum absolute atomic E-state index is 6.14. The Kier molecular flexibility index (Phi) is 3.16. The number of aromatic nitrogens is 4. The highest BCUT2D eigenvalue weighted by Gasteiger charge is 2.31. The molecule has 0 atom stereocenters. The Hall–Kier alpha value is -1.60. The summed E-state index contributed by atoms with van der Waals surface area (Å²) in [6.07, 6.45) is 0.903. The van der Waals surface area contributed by atoms with Crippen LogP contribution in [0.3, 0.4) is 0 Å². The van der Waals surface area contributed by atoms with Crippen molar-refractivity contribution in [3.63, 3.8) is 0 Å². The summed E-state index contributed by atoms with van der Waals surface area (Å²) in [4.78, 5) is 15.5. The molecule has 0 aliphatic carbocycles. The Balaban J connectivity index is 1.86. The molecular weight excluding hydrogens is 306 g/mol. The maximum Gasteiger partial charge on any atom is 0.299 e. The van der Waals surface area contributed by atoms with Crippen molar-refractivity contribution in [2.75, 3.05) is 31.2 Å². The summed E-state index contributed by atoms with van der Waals surface area (Å²) in [6, 6.07) is 0.595. The standard InChI is InChI=1S/C14H18ClN5O2/c1-14(2)3-4-20-11-9(16-13(20)22-14)10(17-12(15)18-11)19-5-7-21-8-6-19/h3-8H2,1-2H3. The van der Waals surface area contributed by atoms with Gasteiger partial charge in [-0.3, -0.25) is 4.57 Å². The van der Waals surface area contributed by atoms with E-state index in [2.05, 4.69) is 33.7 Å². The summed E-state index contributed by atoms with van der Waals surface area (Å²) in [5, 5.41) is 0.238. The van der Waals surface area contributed by atoms with Gasteiger partial charge in [0.05, 0.1) is 13.2 Å². The molecule has 0 spiro atoms. The van der Waals surface area contributed by atoms with Gasteiger partial charge in [-0.15, -0.1) is 0 Å². The lowest BCUT2D eigenvalue weighted by molar-refractivity contribution is 0.0535. The van der Waals surface area contributed by atoms with Crippen molar-refractivity contribution in [1.29, 1.82) is 0 Å². The number of fused-ring (bicyclic) bond motifs is 3. The predicted octanol–water partition coefficient (Wildman–Crippen LogP) is 1.88. The molecule has 4 heterocycles. The third kappa shape index (κ3) is 2.28. The summed E-state index contributed by atoms with van der Waals surface area (Å²) in [5.41, 5.74) is 1.28. The molecule has 0 radical (unpaired) electrons. The van der Waals surface area contributed by atoms with E-state index in [1.165, 1.54) is 0 Å². The van der Waals surface area contributed by atoms with Crippen LogP contribution in [0, 0.1) is 0 Å². The number of rotatable bonds is 1. The van der Waals surface area contributed by atoms with Crippen molar-refractivity contribution < 1.29 is 9.47 Å². The highest BCUT2D eigenvalue weighted by molar-refractivity contribution is 6.28. The first kappa shape index (κ1) is 14.0. The van der Waals surface area contributed by atoms with Crippen LogP contribution in [-0.4, -0.2) is 51.4 Å². The normalized spacial score (nSPS) is 20.8. The van der Waals surface area contributed by atoms with E-state index in [-0.39, 0.29) is 10.9 Å². The van der Waals surface area contributed by atoms with E-state index < -0.39 is 0 Å². The van der Waals surface area contributed by atoms with Crippen molar-refractivity contribution in [2.24, 2.45) is 0 Å². The number of morpholine rings is 1. The quantitative estimate of drug-likeness (QED) is 0.747. The number of nitrogens with zero attached hydrogens (tertiary/aromatic N) is 5. The number of aryl methyl sites for hydroxylation is 1. The van der Waals surface area contributed by atoms with Gasteiger partial charge in [0.2, 0.25) is 5.28 Å². The van der Waals surface area contributed by atoms with Gasteiger partial charge in [-0.05, 0) is 25.4 Å². The van der Waals surface area contributed by atoms with Gasteiger partial charge >= 0.3 is 0 Å². The molecule has 8 heteroatoms. The van der Waals surface area contributed by atoms with E-state index in [1.807, 2.05) is 4.57 Å². The lowest BCUT2D eigenvalue weighted by Crippen LogP contribution is -2.37. The zero-order valence-electron chi connectivity index (χ0n) is 12.7. The van der Waals surface area contributed by atoms with Crippen LogP contribution in [0.1, 0.15) is 20.3 Å². The van der Waals surface area contributed by atoms with Crippen LogP contribution >= 0.6 is 11.6 Å². The first-order valence-electron chi connectivity index (χ1n) is 7.49. The van der Waals surface area contributed by atoms with E-state index >= 15 is 0 Å². The lowest BCUT2D eigenvalue weighted by atomic mass is 10.0. The van der Waals surface area contributed by atoms with Crippen LogP contribution in [0.15, 0.2) is 0 Å². The molecule has 2 aromatic rings. The van der Waals surface area contributed by atoms with Crippen molar-refractivity contribution in [3.8, 4) is 6.01 Å². The van der Waals surface area contributed by atoms with Gasteiger partial charge in [-0.25, -0.2) is 0 Å². The average molecular weight is 324 g/mol. The second kappa shape index (κ2) is 4.96. The van der Waals surface area contributed by atoms with Gasteiger partial charge in [0.1, 0.15) is 5.60 Å². The first-order valence-corrected chi connectivity index (χ1v) is 7.87. The molecule has 0 N–H and O–H groups in total. The van der Waals surface area contributed by atoms with Crippen LogP contribution < -0.4 is 9.64 Å². The fourth-order valence-electron chi connectivity index (χ4n) is 2.89. The zero-order chi connectivity index (χ0) is 15.3. The van der Waals surface area contributed by atoms with Crippen LogP contribution in [0.4, 0.5) is 5.82 Å². The van der Waals surface area contributed by atoms with Crippen LogP contribution in [0.2, 0.25) is 5.28 Å². The molecule has 4 rings (SSSR count). The number of hydrogen-bond donors (Lipinski definition) is 0. The van der Waals surface area contributed by atoms with Crippen LogP contribution in [0.25, 0.3) is 11.2 Å². The molecule has 0 unspecified atom stereocenters. The second-order valence-electron chi connectivity index (χ2n) is 6.25. The molecule has 1 fully saturated rings. The molecule has 7 nitrogen and oxygen atoms in total. The molecule has 2 aliphatic rings. The third-order valence-electron chi connectivity index (χ3n) is 4.13. The van der Waals surface area contributed by atoms with Crippen molar-refractivity contribution in [2.45, 2.75) is 32.4 Å². The average Bonchev–Trinajstić information content (AvgIpc) is 2.83. The lowest BCUT2D eigenvalue weighted by Gasteiger charge is -2.30. The highest BCUT2D eigenvalue weighted by Crippen LogP contribution is 2.34. The van der Waals surface area contributed by atoms with Gasteiger partial charge < -0.3 is 14.4 Å². The van der Waals surface area contributed by atoms with E-state index in [1.54, 1.807) is 0 Å². The Labute approximate surface area is 133 Å². The largest absolute Gasteiger partial charge is 0.459 e. The van der Waals surface area contributed by atoms with Gasteiger partial charge in [-0.1, -0.05) is 0 Å². The summed E-state index contributed by atoms with van der Waals surface area (Å²) in [6.45, 7) is 7.86. The Morgan fingerprint density at radius 3 is 2.64 bits per heavy atom. The Morgan fingerprint density at radius 2 is 1.86 bits per heavy atom. The monoisotopic (exact) mass is 323 g/mol. The predicted molar refractivity (Wildman–Crippen MR) is 82.7 cm³/mol. The number of hydrogen-bond acceptors (Lipinski definition) is 6. The minimum atomic E-state index is -0.215. The van der Waals surface area contributed by atoms with E-state index in [9.17, 15) is 0 Å². The summed E-state index contributed by atoms with van der Waals surface area (Å²) in [7, 11) is 0. The number of anilines is 1. The molecule has 0 bridgehead atoms. The topological polar surface area (TPSA) is 65.3 Å². The Bertz CT molecular complexity index is 724. The first-order chi connectivity index (χ1) is 10.5. The van der Waals surface area contributed by atoms with Crippen LogP contribution in [0.5, 0.6) is 6.01 Å². The minimum Gasteiger partial charge on any atom is -0.459 e. The summed E-state index contributed by atoms with van der Waals surface area (Å²) < 4.78 is 13.4. The number of imidazole rings is 1.